The molecule has 4 aromatic rings. The minimum atomic E-state index is -0.722. The lowest BCUT2D eigenvalue weighted by Crippen LogP contribution is -2.36. The summed E-state index contributed by atoms with van der Waals surface area (Å²) < 4.78 is 17.9. The van der Waals surface area contributed by atoms with Gasteiger partial charge in [-0.3, -0.25) is 4.98 Å². The van der Waals surface area contributed by atoms with E-state index in [1.165, 1.54) is 0 Å². The minimum absolute atomic E-state index is 0.318. The van der Waals surface area contributed by atoms with E-state index in [0.29, 0.717) is 76.5 Å². The van der Waals surface area contributed by atoms with Gasteiger partial charge in [0, 0.05) is 37.7 Å². The molecule has 0 saturated carbocycles. The molecule has 0 bridgehead atoms. The van der Waals surface area contributed by atoms with Crippen LogP contribution in [0.1, 0.15) is 5.56 Å². The molecule has 1 aliphatic rings. The molecular weight excluding hydrogens is 583 g/mol. The summed E-state index contributed by atoms with van der Waals surface area (Å²) in [5.41, 5.74) is 4.00. The predicted molar refractivity (Wildman–Crippen MR) is 156 cm³/mol. The normalized spacial score (nSPS) is 13.3. The molecule has 39 heavy (non-hydrogen) atoms. The molecule has 0 unspecified atom stereocenters. The van der Waals surface area contributed by atoms with Gasteiger partial charge in [0.15, 0.2) is 5.75 Å². The van der Waals surface area contributed by atoms with E-state index in [2.05, 4.69) is 57.5 Å². The van der Waals surface area contributed by atoms with Gasteiger partial charge in [0.25, 0.3) is 0 Å². The van der Waals surface area contributed by atoms with Crippen LogP contribution in [0.2, 0.25) is 0 Å². The number of hydrogen-bond donors (Lipinski definition) is 2. The molecule has 1 aliphatic heterocycles. The van der Waals surface area contributed by atoms with Crippen molar-refractivity contribution < 1.29 is 14.0 Å². The van der Waals surface area contributed by atoms with Gasteiger partial charge in [0.1, 0.15) is 23.2 Å². The van der Waals surface area contributed by atoms with Crippen molar-refractivity contribution in [3.63, 3.8) is 0 Å². The van der Waals surface area contributed by atoms with Crippen molar-refractivity contribution in [1.82, 2.24) is 19.9 Å². The number of halogens is 1. The van der Waals surface area contributed by atoms with Crippen LogP contribution in [0.25, 0.3) is 11.0 Å². The summed E-state index contributed by atoms with van der Waals surface area (Å²) in [6.45, 7) is 6.68. The molecule has 1 fully saturated rings. The molecule has 0 atom stereocenters. The largest absolute Gasteiger partial charge is 0.494 e. The summed E-state index contributed by atoms with van der Waals surface area (Å²) in [4.78, 5) is 20.1. The molecule has 2 N–H and O–H groups in total. The number of methoxy groups -OCH3 is 1. The number of fused-ring (bicyclic) bond motifs is 1. The molecule has 3 heterocycles. The number of nitrogens with one attached hydrogen (secondary N) is 2. The number of anilines is 5. The smallest absolute Gasteiger partial charge is 0.229 e. The maximum Gasteiger partial charge on any atom is 0.229 e. The van der Waals surface area contributed by atoms with E-state index in [4.69, 9.17) is 14.0 Å². The van der Waals surface area contributed by atoms with Gasteiger partial charge in [0.05, 0.1) is 61.1 Å². The molecule has 0 radical (unpaired) electrons. The Kier molecular flexibility index (Phi) is 8.21. The average Bonchev–Trinajstić information content (AvgIpc) is 2.96. The van der Waals surface area contributed by atoms with Crippen LogP contribution in [0, 0.1) is 11.3 Å². The second-order valence-corrected chi connectivity index (χ2v) is 11.4. The van der Waals surface area contributed by atoms with E-state index in [1.807, 2.05) is 31.5 Å². The van der Waals surface area contributed by atoms with Gasteiger partial charge in [-0.25, -0.2) is 9.97 Å². The number of morpholine rings is 1. The zero-order valence-corrected chi connectivity index (χ0v) is 24.1. The van der Waals surface area contributed by atoms with Crippen molar-refractivity contribution >= 4 is 63.9 Å². The molecule has 2 aromatic heterocycles. The van der Waals surface area contributed by atoms with Crippen LogP contribution in [-0.2, 0) is 4.74 Å². The Labute approximate surface area is 235 Å². The van der Waals surface area contributed by atoms with Crippen molar-refractivity contribution in [2.45, 2.75) is 0 Å². The molecule has 13 heteroatoms. The Morgan fingerprint density at radius 2 is 1.87 bits per heavy atom. The lowest BCUT2D eigenvalue weighted by Gasteiger charge is -2.30. The Bertz CT molecular complexity index is 1540. The topological polar surface area (TPSA) is 130 Å². The highest BCUT2D eigenvalue weighted by molar-refractivity contribution is 9.10. The first-order valence-corrected chi connectivity index (χ1v) is 15.0. The van der Waals surface area contributed by atoms with Crippen molar-refractivity contribution in [1.29, 1.82) is 5.26 Å². The third-order valence-electron chi connectivity index (χ3n) is 5.90. The van der Waals surface area contributed by atoms with Crippen LogP contribution >= 0.6 is 24.1 Å². The molecule has 11 nitrogen and oxygen atoms in total. The predicted octanol–water partition coefficient (Wildman–Crippen LogP) is 5.42. The highest BCUT2D eigenvalue weighted by Crippen LogP contribution is 2.41. The summed E-state index contributed by atoms with van der Waals surface area (Å²) in [6, 6.07) is 9.67. The van der Waals surface area contributed by atoms with E-state index in [-0.39, 0.29) is 0 Å². The highest BCUT2D eigenvalue weighted by atomic mass is 79.9. The zero-order chi connectivity index (χ0) is 27.4. The van der Waals surface area contributed by atoms with Gasteiger partial charge >= 0.3 is 0 Å². The lowest BCUT2D eigenvalue weighted by atomic mass is 10.1. The first-order valence-electron chi connectivity index (χ1n) is 12.1. The third kappa shape index (κ3) is 5.96. The van der Waals surface area contributed by atoms with Crippen LogP contribution in [0.3, 0.4) is 0 Å². The van der Waals surface area contributed by atoms with Crippen LogP contribution in [-0.4, -0.2) is 66.7 Å². The minimum Gasteiger partial charge on any atom is -0.494 e. The fraction of sp³-hybridized carbons (Fsp3) is 0.269. The van der Waals surface area contributed by atoms with Crippen LogP contribution in [0.15, 0.2) is 47.3 Å². The van der Waals surface area contributed by atoms with E-state index >= 15 is 0 Å². The number of ether oxygens (including phenoxy) is 2. The quantitative estimate of drug-likeness (QED) is 0.248. The molecule has 0 aliphatic carbocycles. The molecule has 0 spiro atoms. The molecule has 2 aromatic carbocycles. The summed E-state index contributed by atoms with van der Waals surface area (Å²) in [6.07, 6.45) is 4.94. The Balaban J connectivity index is 1.47. The second-order valence-electron chi connectivity index (χ2n) is 8.69. The standard InChI is InChI=1S/C26H26BrN8O3P/c1-36-22-13-21(35-8-10-37-11-9-35)16(14-28)12-20(22)33-26-31-15-17(27)25(34-26)32-19-5-4-18-23(30-7-6-29-18)24(19)38-39(2)3/h4-7,12-13,15H,8-11H2,1-3H3,(H2,31,32,33,34). The van der Waals surface area contributed by atoms with Gasteiger partial charge < -0.3 is 29.5 Å². The Morgan fingerprint density at radius 1 is 1.08 bits per heavy atom. The first kappa shape index (κ1) is 26.8. The second kappa shape index (κ2) is 11.9. The lowest BCUT2D eigenvalue weighted by molar-refractivity contribution is 0.122. The zero-order valence-electron chi connectivity index (χ0n) is 21.6. The van der Waals surface area contributed by atoms with Crippen molar-refractivity contribution in [3.05, 3.63) is 52.9 Å². The Hall–Kier alpha value is -3.78. The van der Waals surface area contributed by atoms with Gasteiger partial charge in [-0.2, -0.15) is 10.2 Å². The van der Waals surface area contributed by atoms with E-state index in [1.54, 1.807) is 31.8 Å². The van der Waals surface area contributed by atoms with Gasteiger partial charge in [-0.1, -0.05) is 0 Å². The molecule has 1 saturated heterocycles. The van der Waals surface area contributed by atoms with E-state index in [9.17, 15) is 5.26 Å². The van der Waals surface area contributed by atoms with E-state index in [0.717, 1.165) is 11.2 Å². The third-order valence-corrected chi connectivity index (χ3v) is 7.03. The molecule has 5 rings (SSSR count). The average molecular weight is 609 g/mol. The highest BCUT2D eigenvalue weighted by Gasteiger charge is 2.20. The fourth-order valence-electron chi connectivity index (χ4n) is 4.14. The van der Waals surface area contributed by atoms with Gasteiger partial charge in [-0.05, 0) is 47.5 Å². The van der Waals surface area contributed by atoms with Gasteiger partial charge in [-0.15, -0.1) is 0 Å². The maximum atomic E-state index is 9.87. The van der Waals surface area contributed by atoms with Crippen molar-refractivity contribution in [2.75, 3.05) is 62.3 Å². The monoisotopic (exact) mass is 608 g/mol. The SMILES string of the molecule is COc1cc(N2CCOCC2)c(C#N)cc1Nc1ncc(Br)c(Nc2ccc3nccnc3c2OP(C)C)n1. The Morgan fingerprint density at radius 3 is 2.62 bits per heavy atom. The first-order chi connectivity index (χ1) is 19.0. The van der Waals surface area contributed by atoms with Crippen molar-refractivity contribution in [2.24, 2.45) is 0 Å². The number of hydrogen-bond acceptors (Lipinski definition) is 11. The van der Waals surface area contributed by atoms with Crippen molar-refractivity contribution in [3.8, 4) is 17.6 Å². The van der Waals surface area contributed by atoms with Crippen LogP contribution < -0.4 is 24.8 Å². The van der Waals surface area contributed by atoms with Gasteiger partial charge in [0.2, 0.25) is 5.95 Å². The number of nitriles is 1. The summed E-state index contributed by atoms with van der Waals surface area (Å²) >= 11 is 3.54. The van der Waals surface area contributed by atoms with Crippen LogP contribution in [0.5, 0.6) is 11.5 Å². The number of nitrogens with zero attached hydrogens (tertiary/aromatic N) is 6. The molecule has 200 valence electrons. The number of aromatic nitrogens is 4. The number of rotatable bonds is 8. The van der Waals surface area contributed by atoms with Crippen LogP contribution in [0.4, 0.5) is 28.8 Å². The fourth-order valence-corrected chi connectivity index (χ4v) is 4.98. The summed E-state index contributed by atoms with van der Waals surface area (Å²) in [7, 11) is 0.867. The number of benzene rings is 2. The summed E-state index contributed by atoms with van der Waals surface area (Å²) in [5.74, 6) is 2.01. The molecular formula is C26H26BrN8O3P. The maximum absolute atomic E-state index is 9.87. The summed E-state index contributed by atoms with van der Waals surface area (Å²) in [5, 5.41) is 16.4. The van der Waals surface area contributed by atoms with E-state index < -0.39 is 8.15 Å². The molecule has 0 amide bonds.